The minimum atomic E-state index is -0.587. The number of nitrogens with one attached hydrogen (secondary N) is 2. The number of carbonyl (C=O) groups is 2. The second-order valence-electron chi connectivity index (χ2n) is 7.48. The van der Waals surface area contributed by atoms with Gasteiger partial charge in [-0.3, -0.25) is 9.59 Å². The molecule has 3 aromatic rings. The number of benzene rings is 3. The molecule has 180 valence electrons. The third kappa shape index (κ3) is 7.18. The molecule has 0 atom stereocenters. The molecule has 0 unspecified atom stereocenters. The Morgan fingerprint density at radius 1 is 0.914 bits per heavy atom. The van der Waals surface area contributed by atoms with E-state index >= 15 is 0 Å². The second-order valence-corrected chi connectivity index (χ2v) is 8.27. The lowest BCUT2D eigenvalue weighted by Crippen LogP contribution is -2.32. The summed E-state index contributed by atoms with van der Waals surface area (Å²) in [7, 11) is 0. The van der Waals surface area contributed by atoms with Gasteiger partial charge in [0.1, 0.15) is 5.70 Å². The van der Waals surface area contributed by atoms with Crippen LogP contribution in [0.15, 0.2) is 83.6 Å². The molecule has 35 heavy (non-hydrogen) atoms. The Kier molecular flexibility index (Phi) is 9.47. The number of hydrazone groups is 1. The van der Waals surface area contributed by atoms with Gasteiger partial charge in [-0.05, 0) is 55.8 Å². The molecule has 0 heterocycles. The number of amides is 2. The predicted molar refractivity (Wildman–Crippen MR) is 144 cm³/mol. The Balaban J connectivity index is 1.84. The van der Waals surface area contributed by atoms with Crippen molar-refractivity contribution in [2.45, 2.75) is 13.8 Å². The molecule has 0 fully saturated rings. The van der Waals surface area contributed by atoms with Crippen molar-refractivity contribution in [3.05, 3.63) is 105 Å². The molecule has 0 aromatic heterocycles. The summed E-state index contributed by atoms with van der Waals surface area (Å²) in [6.07, 6.45) is 2.99. The van der Waals surface area contributed by atoms with E-state index in [0.29, 0.717) is 21.2 Å². The van der Waals surface area contributed by atoms with Gasteiger partial charge < -0.3 is 10.2 Å². The van der Waals surface area contributed by atoms with Crippen LogP contribution in [0.2, 0.25) is 10.0 Å². The first-order chi connectivity index (χ1) is 16.9. The average molecular weight is 509 g/mol. The summed E-state index contributed by atoms with van der Waals surface area (Å²) in [5.41, 5.74) is 5.29. The highest BCUT2D eigenvalue weighted by Gasteiger charge is 2.14. The normalized spacial score (nSPS) is 11.4. The maximum Gasteiger partial charge on any atom is 0.287 e. The van der Waals surface area contributed by atoms with Gasteiger partial charge in [0, 0.05) is 29.9 Å². The van der Waals surface area contributed by atoms with Crippen LogP contribution < -0.4 is 15.6 Å². The van der Waals surface area contributed by atoms with E-state index in [2.05, 4.69) is 34.6 Å². The van der Waals surface area contributed by atoms with Crippen molar-refractivity contribution < 1.29 is 9.59 Å². The van der Waals surface area contributed by atoms with Crippen molar-refractivity contribution in [3.8, 4) is 0 Å². The van der Waals surface area contributed by atoms with Gasteiger partial charge in [0.15, 0.2) is 0 Å². The Hall–Kier alpha value is -3.61. The molecule has 0 radical (unpaired) electrons. The topological polar surface area (TPSA) is 73.8 Å². The first kappa shape index (κ1) is 26.0. The molecule has 2 N–H and O–H groups in total. The predicted octanol–water partition coefficient (Wildman–Crippen LogP) is 5.76. The van der Waals surface area contributed by atoms with Crippen LogP contribution in [0.4, 0.5) is 5.69 Å². The first-order valence-electron chi connectivity index (χ1n) is 11.1. The zero-order valence-corrected chi connectivity index (χ0v) is 21.0. The van der Waals surface area contributed by atoms with Crippen LogP contribution in [-0.4, -0.2) is 31.1 Å². The van der Waals surface area contributed by atoms with Gasteiger partial charge >= 0.3 is 0 Å². The average Bonchev–Trinajstić information content (AvgIpc) is 2.88. The minimum Gasteiger partial charge on any atom is -0.372 e. The Labute approximate surface area is 215 Å². The Bertz CT molecular complexity index is 1220. The molecule has 3 rings (SSSR count). The van der Waals surface area contributed by atoms with E-state index in [-0.39, 0.29) is 5.70 Å². The van der Waals surface area contributed by atoms with Gasteiger partial charge in [-0.25, -0.2) is 5.43 Å². The number of anilines is 1. The van der Waals surface area contributed by atoms with Crippen LogP contribution in [0, 0.1) is 0 Å². The van der Waals surface area contributed by atoms with Gasteiger partial charge in [0.2, 0.25) is 0 Å². The van der Waals surface area contributed by atoms with E-state index in [4.69, 9.17) is 23.2 Å². The lowest BCUT2D eigenvalue weighted by Gasteiger charge is -2.20. The summed E-state index contributed by atoms with van der Waals surface area (Å²) in [5.74, 6) is -0.995. The molecule has 0 aliphatic carbocycles. The molecule has 0 saturated heterocycles. The highest BCUT2D eigenvalue weighted by molar-refractivity contribution is 6.43. The smallest absolute Gasteiger partial charge is 0.287 e. The fourth-order valence-electron chi connectivity index (χ4n) is 3.32. The maximum atomic E-state index is 12.9. The van der Waals surface area contributed by atoms with Crippen molar-refractivity contribution in [3.63, 3.8) is 0 Å². The quantitative estimate of drug-likeness (QED) is 0.219. The highest BCUT2D eigenvalue weighted by Crippen LogP contribution is 2.24. The van der Waals surface area contributed by atoms with Gasteiger partial charge in [0.05, 0.1) is 16.3 Å². The highest BCUT2D eigenvalue weighted by atomic mass is 35.5. The number of halogens is 2. The van der Waals surface area contributed by atoms with Gasteiger partial charge in [-0.15, -0.1) is 0 Å². The summed E-state index contributed by atoms with van der Waals surface area (Å²) in [6, 6.07) is 21.5. The maximum absolute atomic E-state index is 12.9. The van der Waals surface area contributed by atoms with Crippen LogP contribution >= 0.6 is 23.2 Å². The molecule has 0 saturated carbocycles. The van der Waals surface area contributed by atoms with Crippen LogP contribution in [0.25, 0.3) is 6.08 Å². The molecular formula is C27H26Cl2N4O2. The molecule has 0 bridgehead atoms. The molecule has 6 nitrogen and oxygen atoms in total. The van der Waals surface area contributed by atoms with E-state index in [1.54, 1.807) is 48.5 Å². The second kappa shape index (κ2) is 12.7. The fraction of sp³-hybridized carbons (Fsp3) is 0.148. The minimum absolute atomic E-state index is 0.0452. The number of rotatable bonds is 9. The van der Waals surface area contributed by atoms with Crippen molar-refractivity contribution in [1.82, 2.24) is 10.7 Å². The van der Waals surface area contributed by atoms with Crippen molar-refractivity contribution >= 4 is 53.0 Å². The number of hydrogen-bond donors (Lipinski definition) is 2. The molecule has 3 aromatic carbocycles. The Morgan fingerprint density at radius 3 is 2.26 bits per heavy atom. The summed E-state index contributed by atoms with van der Waals surface area (Å²) in [6.45, 7) is 5.97. The number of carbonyl (C=O) groups excluding carboxylic acids is 2. The molecule has 8 heteroatoms. The van der Waals surface area contributed by atoms with Crippen molar-refractivity contribution in [1.29, 1.82) is 0 Å². The van der Waals surface area contributed by atoms with E-state index < -0.39 is 11.8 Å². The van der Waals surface area contributed by atoms with Crippen LogP contribution in [0.3, 0.4) is 0 Å². The summed E-state index contributed by atoms with van der Waals surface area (Å²) in [5, 5.41) is 7.38. The van der Waals surface area contributed by atoms with E-state index in [9.17, 15) is 9.59 Å². The number of nitrogens with zero attached hydrogens (tertiary/aromatic N) is 2. The van der Waals surface area contributed by atoms with Crippen molar-refractivity contribution in [2.75, 3.05) is 18.0 Å². The Morgan fingerprint density at radius 2 is 1.60 bits per heavy atom. The molecule has 2 amide bonds. The SMILES string of the molecule is CCN(CC)c1ccc(C=C(NC(=O)c2ccccc2)C(=O)NN=Cc2cccc(Cl)c2Cl)cc1. The molecule has 0 spiro atoms. The first-order valence-corrected chi connectivity index (χ1v) is 11.9. The van der Waals surface area contributed by atoms with Gasteiger partial charge in [-0.2, -0.15) is 5.10 Å². The lowest BCUT2D eigenvalue weighted by atomic mass is 10.1. The van der Waals surface area contributed by atoms with Crippen LogP contribution in [0.1, 0.15) is 35.3 Å². The molecular weight excluding hydrogens is 483 g/mol. The van der Waals surface area contributed by atoms with Gasteiger partial charge in [-0.1, -0.05) is 65.7 Å². The monoisotopic (exact) mass is 508 g/mol. The third-order valence-corrected chi connectivity index (χ3v) is 6.05. The zero-order valence-electron chi connectivity index (χ0n) is 19.5. The molecule has 0 aliphatic rings. The summed E-state index contributed by atoms with van der Waals surface area (Å²) >= 11 is 12.2. The number of hydrogen-bond acceptors (Lipinski definition) is 4. The molecule has 0 aliphatic heterocycles. The van der Waals surface area contributed by atoms with Crippen LogP contribution in [-0.2, 0) is 4.79 Å². The third-order valence-electron chi connectivity index (χ3n) is 5.21. The van der Waals surface area contributed by atoms with Gasteiger partial charge in [0.25, 0.3) is 11.8 Å². The standard InChI is InChI=1S/C27H26Cl2N4O2/c1-3-33(4-2)22-15-13-19(14-16-22)17-24(31-26(34)20-9-6-5-7-10-20)27(35)32-30-18-21-11-8-12-23(28)25(21)29/h5-18H,3-4H2,1-2H3,(H,31,34)(H,32,35). The van der Waals surface area contributed by atoms with Crippen LogP contribution in [0.5, 0.6) is 0 Å². The largest absolute Gasteiger partial charge is 0.372 e. The van der Waals surface area contributed by atoms with E-state index in [1.807, 2.05) is 30.3 Å². The lowest BCUT2D eigenvalue weighted by molar-refractivity contribution is -0.117. The van der Waals surface area contributed by atoms with E-state index in [1.165, 1.54) is 6.21 Å². The summed E-state index contributed by atoms with van der Waals surface area (Å²) in [4.78, 5) is 27.9. The van der Waals surface area contributed by atoms with Crippen molar-refractivity contribution in [2.24, 2.45) is 5.10 Å². The summed E-state index contributed by atoms with van der Waals surface area (Å²) < 4.78 is 0. The fourth-order valence-corrected chi connectivity index (χ4v) is 3.68. The zero-order chi connectivity index (χ0) is 25.2. The van der Waals surface area contributed by atoms with E-state index in [0.717, 1.165) is 24.3 Å².